The molecule has 106 valence electrons. The van der Waals surface area contributed by atoms with E-state index in [-0.39, 0.29) is 11.8 Å². The molecule has 0 aromatic heterocycles. The SMILES string of the molecule is NC(=S)CCN(C(=O)C1C2CCCC21)c1ccccc1. The zero-order chi connectivity index (χ0) is 14.1. The van der Waals surface area contributed by atoms with Gasteiger partial charge in [-0.1, -0.05) is 36.8 Å². The third-order valence-corrected chi connectivity index (χ3v) is 4.81. The number of benzene rings is 1. The van der Waals surface area contributed by atoms with Gasteiger partial charge in [-0.15, -0.1) is 0 Å². The fourth-order valence-electron chi connectivity index (χ4n) is 3.56. The van der Waals surface area contributed by atoms with Gasteiger partial charge in [0, 0.05) is 24.6 Å². The maximum absolute atomic E-state index is 12.8. The lowest BCUT2D eigenvalue weighted by Crippen LogP contribution is -2.35. The fraction of sp³-hybridized carbons (Fsp3) is 0.500. The summed E-state index contributed by atoms with van der Waals surface area (Å²) in [6, 6.07) is 9.85. The number of fused-ring (bicyclic) bond motifs is 1. The molecular weight excluding hydrogens is 268 g/mol. The van der Waals surface area contributed by atoms with Crippen LogP contribution in [0.4, 0.5) is 5.69 Å². The minimum absolute atomic E-state index is 0.246. The van der Waals surface area contributed by atoms with Gasteiger partial charge in [0.05, 0.1) is 4.99 Å². The number of carbonyl (C=O) groups is 1. The van der Waals surface area contributed by atoms with Gasteiger partial charge in [0.1, 0.15) is 0 Å². The number of hydrogen-bond donors (Lipinski definition) is 1. The van der Waals surface area contributed by atoms with E-state index in [4.69, 9.17) is 18.0 Å². The highest BCUT2D eigenvalue weighted by atomic mass is 32.1. The van der Waals surface area contributed by atoms with Crippen LogP contribution in [-0.4, -0.2) is 17.4 Å². The van der Waals surface area contributed by atoms with Gasteiger partial charge in [-0.25, -0.2) is 0 Å². The summed E-state index contributed by atoms with van der Waals surface area (Å²) in [5.74, 6) is 1.79. The van der Waals surface area contributed by atoms with Gasteiger partial charge in [0.2, 0.25) is 5.91 Å². The number of nitrogens with two attached hydrogens (primary N) is 1. The molecular formula is C16H20N2OS. The quantitative estimate of drug-likeness (QED) is 0.847. The Morgan fingerprint density at radius 2 is 1.90 bits per heavy atom. The Bertz CT molecular complexity index is 506. The third kappa shape index (κ3) is 2.57. The molecule has 1 aromatic rings. The van der Waals surface area contributed by atoms with Crippen molar-refractivity contribution >= 4 is 28.8 Å². The Morgan fingerprint density at radius 1 is 1.25 bits per heavy atom. The molecule has 4 heteroatoms. The lowest BCUT2D eigenvalue weighted by Gasteiger charge is -2.23. The Kier molecular flexibility index (Phi) is 3.74. The maximum atomic E-state index is 12.8. The monoisotopic (exact) mass is 288 g/mol. The second-order valence-electron chi connectivity index (χ2n) is 5.83. The molecule has 0 spiro atoms. The van der Waals surface area contributed by atoms with Crippen molar-refractivity contribution in [2.75, 3.05) is 11.4 Å². The highest BCUT2D eigenvalue weighted by Crippen LogP contribution is 2.58. The summed E-state index contributed by atoms with van der Waals surface area (Å²) in [6.45, 7) is 0.591. The molecule has 2 N–H and O–H groups in total. The van der Waals surface area contributed by atoms with Crippen LogP contribution in [0.5, 0.6) is 0 Å². The van der Waals surface area contributed by atoms with Gasteiger partial charge in [-0.3, -0.25) is 4.79 Å². The van der Waals surface area contributed by atoms with E-state index in [1.165, 1.54) is 19.3 Å². The topological polar surface area (TPSA) is 46.3 Å². The first-order valence-corrected chi connectivity index (χ1v) is 7.74. The second kappa shape index (κ2) is 5.52. The number of nitrogens with zero attached hydrogens (tertiary/aromatic N) is 1. The average Bonchev–Trinajstić information content (AvgIpc) is 2.92. The first-order chi connectivity index (χ1) is 9.68. The Balaban J connectivity index is 1.75. The van der Waals surface area contributed by atoms with Gasteiger partial charge in [0.15, 0.2) is 0 Å². The van der Waals surface area contributed by atoms with Crippen LogP contribution >= 0.6 is 12.2 Å². The molecule has 20 heavy (non-hydrogen) atoms. The minimum atomic E-state index is 0.246. The number of thiocarbonyl (C=S) groups is 1. The Labute approximate surface area is 125 Å². The van der Waals surface area contributed by atoms with Crippen molar-refractivity contribution in [3.05, 3.63) is 30.3 Å². The number of amides is 1. The van der Waals surface area contributed by atoms with Crippen molar-refractivity contribution in [2.45, 2.75) is 25.7 Å². The molecule has 1 aromatic carbocycles. The molecule has 0 bridgehead atoms. The van der Waals surface area contributed by atoms with Crippen molar-refractivity contribution in [1.82, 2.24) is 0 Å². The van der Waals surface area contributed by atoms with Gasteiger partial charge >= 0.3 is 0 Å². The summed E-state index contributed by atoms with van der Waals surface area (Å²) >= 11 is 4.95. The van der Waals surface area contributed by atoms with Gasteiger partial charge < -0.3 is 10.6 Å². The normalized spacial score (nSPS) is 26.9. The first kappa shape index (κ1) is 13.6. The van der Waals surface area contributed by atoms with Crippen molar-refractivity contribution < 1.29 is 4.79 Å². The number of rotatable bonds is 5. The maximum Gasteiger partial charge on any atom is 0.230 e. The third-order valence-electron chi connectivity index (χ3n) is 4.61. The first-order valence-electron chi connectivity index (χ1n) is 7.33. The smallest absolute Gasteiger partial charge is 0.230 e. The molecule has 2 aliphatic carbocycles. The summed E-state index contributed by atoms with van der Waals surface area (Å²) in [4.78, 5) is 15.1. The molecule has 0 aliphatic heterocycles. The van der Waals surface area contributed by atoms with E-state index in [0.29, 0.717) is 29.8 Å². The zero-order valence-corrected chi connectivity index (χ0v) is 12.3. The summed E-state index contributed by atoms with van der Waals surface area (Å²) in [6.07, 6.45) is 4.31. The minimum Gasteiger partial charge on any atom is -0.393 e. The Hall–Kier alpha value is -1.42. The van der Waals surface area contributed by atoms with Crippen molar-refractivity contribution in [3.63, 3.8) is 0 Å². The highest BCUT2D eigenvalue weighted by molar-refractivity contribution is 7.80. The van der Waals surface area contributed by atoms with Crippen LogP contribution in [0.2, 0.25) is 0 Å². The van der Waals surface area contributed by atoms with Crippen molar-refractivity contribution in [1.29, 1.82) is 0 Å². The largest absolute Gasteiger partial charge is 0.393 e. The van der Waals surface area contributed by atoms with Gasteiger partial charge in [-0.05, 0) is 36.8 Å². The van der Waals surface area contributed by atoms with Crippen LogP contribution in [0, 0.1) is 17.8 Å². The fourth-order valence-corrected chi connectivity index (χ4v) is 3.66. The summed E-state index contributed by atoms with van der Waals surface area (Å²) < 4.78 is 0. The lowest BCUT2D eigenvalue weighted by atomic mass is 10.1. The van der Waals surface area contributed by atoms with E-state index in [1.54, 1.807) is 0 Å². The molecule has 2 fully saturated rings. The van der Waals surface area contributed by atoms with Gasteiger partial charge in [0.25, 0.3) is 0 Å². The van der Waals surface area contributed by atoms with Crippen LogP contribution in [-0.2, 0) is 4.79 Å². The molecule has 3 nitrogen and oxygen atoms in total. The molecule has 2 atom stereocenters. The summed E-state index contributed by atoms with van der Waals surface area (Å²) in [5.41, 5.74) is 6.55. The molecule has 2 saturated carbocycles. The molecule has 2 unspecified atom stereocenters. The molecule has 3 rings (SSSR count). The lowest BCUT2D eigenvalue weighted by molar-refractivity contribution is -0.120. The predicted molar refractivity (Wildman–Crippen MR) is 84.5 cm³/mol. The number of anilines is 1. The van der Waals surface area contributed by atoms with E-state index in [2.05, 4.69) is 0 Å². The highest BCUT2D eigenvalue weighted by Gasteiger charge is 2.57. The van der Waals surface area contributed by atoms with Crippen LogP contribution in [0.3, 0.4) is 0 Å². The van der Waals surface area contributed by atoms with E-state index >= 15 is 0 Å². The van der Waals surface area contributed by atoms with E-state index in [9.17, 15) is 4.79 Å². The predicted octanol–water partition coefficient (Wildman–Crippen LogP) is 2.74. The Morgan fingerprint density at radius 3 is 2.50 bits per heavy atom. The van der Waals surface area contributed by atoms with E-state index < -0.39 is 0 Å². The van der Waals surface area contributed by atoms with Crippen LogP contribution in [0.25, 0.3) is 0 Å². The number of para-hydroxylation sites is 1. The van der Waals surface area contributed by atoms with E-state index in [0.717, 1.165) is 5.69 Å². The average molecular weight is 288 g/mol. The molecule has 1 amide bonds. The van der Waals surface area contributed by atoms with Crippen LogP contribution < -0.4 is 10.6 Å². The van der Waals surface area contributed by atoms with Gasteiger partial charge in [-0.2, -0.15) is 0 Å². The number of carbonyl (C=O) groups excluding carboxylic acids is 1. The zero-order valence-electron chi connectivity index (χ0n) is 11.5. The summed E-state index contributed by atoms with van der Waals surface area (Å²) in [7, 11) is 0. The standard InChI is InChI=1S/C16H20N2OS/c17-14(20)9-10-18(11-5-2-1-3-6-11)16(19)15-12-7-4-8-13(12)15/h1-3,5-6,12-13,15H,4,7-10H2,(H2,17,20). The van der Waals surface area contributed by atoms with E-state index in [1.807, 2.05) is 35.2 Å². The van der Waals surface area contributed by atoms with Crippen molar-refractivity contribution in [2.24, 2.45) is 23.5 Å². The van der Waals surface area contributed by atoms with Crippen LogP contribution in [0.1, 0.15) is 25.7 Å². The van der Waals surface area contributed by atoms with Crippen LogP contribution in [0.15, 0.2) is 30.3 Å². The molecule has 0 heterocycles. The second-order valence-corrected chi connectivity index (χ2v) is 6.35. The molecule has 0 radical (unpaired) electrons. The molecule has 0 saturated heterocycles. The molecule has 2 aliphatic rings. The summed E-state index contributed by atoms with van der Waals surface area (Å²) in [5, 5.41) is 0. The number of hydrogen-bond acceptors (Lipinski definition) is 2. The van der Waals surface area contributed by atoms with Crippen molar-refractivity contribution in [3.8, 4) is 0 Å².